The summed E-state index contributed by atoms with van der Waals surface area (Å²) in [5.74, 6) is 0.691. The molecule has 6 heteroatoms. The van der Waals surface area contributed by atoms with Crippen molar-refractivity contribution < 1.29 is 9.53 Å². The highest BCUT2D eigenvalue weighted by Gasteiger charge is 2.31. The molecule has 0 bridgehead atoms. The molecule has 1 atom stereocenters. The van der Waals surface area contributed by atoms with Crippen molar-refractivity contribution in [3.63, 3.8) is 0 Å². The van der Waals surface area contributed by atoms with Crippen LogP contribution in [0.2, 0.25) is 0 Å². The third-order valence-corrected chi connectivity index (χ3v) is 4.47. The highest BCUT2D eigenvalue weighted by atomic mass is 16.5. The zero-order chi connectivity index (χ0) is 17.6. The Hall–Kier alpha value is -2.94. The molecule has 1 saturated heterocycles. The van der Waals surface area contributed by atoms with Gasteiger partial charge in [0.25, 0.3) is 0 Å². The summed E-state index contributed by atoms with van der Waals surface area (Å²) in [4.78, 5) is 14.4. The van der Waals surface area contributed by atoms with Crippen molar-refractivity contribution in [3.05, 3.63) is 53.9 Å². The number of nitrogens with zero attached hydrogens (tertiary/aromatic N) is 3. The topological polar surface area (TPSA) is 70.3 Å². The van der Waals surface area contributed by atoms with Crippen molar-refractivity contribution in [1.82, 2.24) is 14.8 Å². The fourth-order valence-electron chi connectivity index (χ4n) is 3.19. The Labute approximate surface area is 147 Å². The van der Waals surface area contributed by atoms with Crippen molar-refractivity contribution >= 4 is 6.03 Å². The number of hydrogen-bond acceptors (Lipinski definition) is 3. The van der Waals surface area contributed by atoms with E-state index in [9.17, 15) is 4.79 Å². The molecule has 1 unspecified atom stereocenters. The number of ether oxygens (including phenoxy) is 1. The molecule has 25 heavy (non-hydrogen) atoms. The number of aryl methyl sites for hydroxylation is 1. The van der Waals surface area contributed by atoms with Gasteiger partial charge in [-0.15, -0.1) is 0 Å². The molecule has 1 N–H and O–H groups in total. The van der Waals surface area contributed by atoms with E-state index in [4.69, 9.17) is 10.00 Å². The van der Waals surface area contributed by atoms with Crippen LogP contribution >= 0.6 is 0 Å². The number of likely N-dealkylation sites (tertiary alicyclic amines) is 1. The number of nitrogens with one attached hydrogen (secondary N) is 1. The average molecular weight is 338 g/mol. The molecule has 1 aromatic carbocycles. The van der Waals surface area contributed by atoms with Gasteiger partial charge >= 0.3 is 6.03 Å². The van der Waals surface area contributed by atoms with Crippen molar-refractivity contribution in [3.8, 4) is 11.8 Å². The molecule has 2 amide bonds. The summed E-state index contributed by atoms with van der Waals surface area (Å²) >= 11 is 0. The van der Waals surface area contributed by atoms with Crippen molar-refractivity contribution in [2.75, 3.05) is 19.7 Å². The van der Waals surface area contributed by atoms with Crippen LogP contribution in [0.5, 0.6) is 5.75 Å². The number of hydrogen-bond donors (Lipinski definition) is 1. The summed E-state index contributed by atoms with van der Waals surface area (Å²) < 4.78 is 7.66. The third-order valence-electron chi connectivity index (χ3n) is 4.47. The molecule has 1 aromatic heterocycles. The van der Waals surface area contributed by atoms with Crippen LogP contribution in [0, 0.1) is 11.3 Å². The SMILES string of the molecule is Cn1cccc1C1CCCN1C(=O)NCCOc1ccc(C#N)cc1. The van der Waals surface area contributed by atoms with Crippen LogP contribution in [-0.2, 0) is 7.05 Å². The van der Waals surface area contributed by atoms with Gasteiger partial charge in [-0.2, -0.15) is 5.26 Å². The Bertz CT molecular complexity index is 760. The lowest BCUT2D eigenvalue weighted by Crippen LogP contribution is -2.41. The second-order valence-corrected chi connectivity index (χ2v) is 6.11. The highest BCUT2D eigenvalue weighted by Crippen LogP contribution is 2.31. The van der Waals surface area contributed by atoms with Crippen LogP contribution in [0.1, 0.15) is 30.1 Å². The van der Waals surface area contributed by atoms with Crippen molar-refractivity contribution in [1.29, 1.82) is 5.26 Å². The molecule has 1 aliphatic heterocycles. The van der Waals surface area contributed by atoms with E-state index in [2.05, 4.69) is 22.0 Å². The number of rotatable bonds is 5. The molecular formula is C19H22N4O2. The number of benzene rings is 1. The quantitative estimate of drug-likeness (QED) is 0.852. The number of carbonyl (C=O) groups excluding carboxylic acids is 1. The second-order valence-electron chi connectivity index (χ2n) is 6.11. The van der Waals surface area contributed by atoms with E-state index in [0.29, 0.717) is 24.5 Å². The fourth-order valence-corrected chi connectivity index (χ4v) is 3.19. The van der Waals surface area contributed by atoms with Gasteiger partial charge in [-0.25, -0.2) is 4.79 Å². The summed E-state index contributed by atoms with van der Waals surface area (Å²) in [5, 5.41) is 11.7. The number of aromatic nitrogens is 1. The number of carbonyl (C=O) groups is 1. The summed E-state index contributed by atoms with van der Waals surface area (Å²) in [6.45, 7) is 1.60. The number of urea groups is 1. The molecule has 1 aliphatic rings. The molecule has 130 valence electrons. The maximum atomic E-state index is 12.5. The summed E-state index contributed by atoms with van der Waals surface area (Å²) in [5.41, 5.74) is 1.77. The van der Waals surface area contributed by atoms with Crippen LogP contribution in [0.4, 0.5) is 4.79 Å². The van der Waals surface area contributed by atoms with Gasteiger partial charge in [-0.3, -0.25) is 0 Å². The molecule has 0 saturated carbocycles. The number of nitriles is 1. The predicted molar refractivity (Wildman–Crippen MR) is 94.1 cm³/mol. The first-order chi connectivity index (χ1) is 12.2. The Morgan fingerprint density at radius 3 is 2.84 bits per heavy atom. The lowest BCUT2D eigenvalue weighted by atomic mass is 10.1. The smallest absolute Gasteiger partial charge is 0.318 e. The van der Waals surface area contributed by atoms with Crippen molar-refractivity contribution in [2.45, 2.75) is 18.9 Å². The van der Waals surface area contributed by atoms with Gasteiger partial charge in [0.2, 0.25) is 0 Å². The summed E-state index contributed by atoms with van der Waals surface area (Å²) in [6.07, 6.45) is 4.02. The van der Waals surface area contributed by atoms with E-state index in [1.54, 1.807) is 24.3 Å². The zero-order valence-corrected chi connectivity index (χ0v) is 14.3. The van der Waals surface area contributed by atoms with E-state index in [-0.39, 0.29) is 12.1 Å². The Morgan fingerprint density at radius 1 is 1.36 bits per heavy atom. The average Bonchev–Trinajstić information content (AvgIpc) is 3.27. The highest BCUT2D eigenvalue weighted by molar-refractivity contribution is 5.75. The Morgan fingerprint density at radius 2 is 2.16 bits per heavy atom. The van der Waals surface area contributed by atoms with Gasteiger partial charge in [0.1, 0.15) is 12.4 Å². The Balaban J connectivity index is 1.47. The van der Waals surface area contributed by atoms with Gasteiger partial charge in [-0.05, 0) is 49.2 Å². The second kappa shape index (κ2) is 7.75. The minimum absolute atomic E-state index is 0.0490. The largest absolute Gasteiger partial charge is 0.492 e. The first-order valence-electron chi connectivity index (χ1n) is 8.47. The Kier molecular flexibility index (Phi) is 5.24. The monoisotopic (exact) mass is 338 g/mol. The van der Waals surface area contributed by atoms with Crippen molar-refractivity contribution in [2.24, 2.45) is 7.05 Å². The molecule has 3 rings (SSSR count). The van der Waals surface area contributed by atoms with Crippen LogP contribution in [0.3, 0.4) is 0 Å². The maximum absolute atomic E-state index is 12.5. The summed E-state index contributed by atoms with van der Waals surface area (Å²) in [7, 11) is 2.01. The van der Waals surface area contributed by atoms with Gasteiger partial charge < -0.3 is 19.5 Å². The molecule has 6 nitrogen and oxygen atoms in total. The first-order valence-corrected chi connectivity index (χ1v) is 8.47. The van der Waals surface area contributed by atoms with E-state index in [1.807, 2.05) is 24.2 Å². The van der Waals surface area contributed by atoms with Gasteiger partial charge in [0, 0.05) is 25.5 Å². The van der Waals surface area contributed by atoms with E-state index in [0.717, 1.165) is 19.4 Å². The standard InChI is InChI=1S/C19H22N4O2/c1-22-11-2-4-17(22)18-5-3-12-23(18)19(24)21-10-13-25-16-8-6-15(14-20)7-9-16/h2,4,6-9,11,18H,3,5,10,12-13H2,1H3,(H,21,24). The molecule has 2 aromatic rings. The number of amides is 2. The predicted octanol–water partition coefficient (Wildman–Crippen LogP) is 2.82. The molecule has 0 spiro atoms. The minimum Gasteiger partial charge on any atom is -0.492 e. The van der Waals surface area contributed by atoms with E-state index in [1.165, 1.54) is 5.69 Å². The zero-order valence-electron chi connectivity index (χ0n) is 14.3. The molecule has 1 fully saturated rings. The minimum atomic E-state index is -0.0490. The van der Waals surface area contributed by atoms with Crippen LogP contribution < -0.4 is 10.1 Å². The lowest BCUT2D eigenvalue weighted by molar-refractivity contribution is 0.188. The van der Waals surface area contributed by atoms with Gasteiger partial charge in [0.05, 0.1) is 24.2 Å². The van der Waals surface area contributed by atoms with Gasteiger partial charge in [0.15, 0.2) is 0 Å². The maximum Gasteiger partial charge on any atom is 0.318 e. The van der Waals surface area contributed by atoms with E-state index >= 15 is 0 Å². The third kappa shape index (κ3) is 3.94. The fraction of sp³-hybridized carbons (Fsp3) is 0.368. The molecule has 0 radical (unpaired) electrons. The lowest BCUT2D eigenvalue weighted by Gasteiger charge is -2.25. The first kappa shape index (κ1) is 16.9. The van der Waals surface area contributed by atoms with Gasteiger partial charge in [-0.1, -0.05) is 0 Å². The molecular weight excluding hydrogens is 316 g/mol. The van der Waals surface area contributed by atoms with Crippen LogP contribution in [-0.4, -0.2) is 35.2 Å². The van der Waals surface area contributed by atoms with Crippen LogP contribution in [0.15, 0.2) is 42.6 Å². The molecule has 0 aliphatic carbocycles. The summed E-state index contributed by atoms with van der Waals surface area (Å²) in [6, 6.07) is 13.2. The normalized spacial score (nSPS) is 16.5. The van der Waals surface area contributed by atoms with E-state index < -0.39 is 0 Å². The van der Waals surface area contributed by atoms with Crippen LogP contribution in [0.25, 0.3) is 0 Å². The molecule has 2 heterocycles.